The van der Waals surface area contributed by atoms with Crippen molar-refractivity contribution in [2.24, 2.45) is 0 Å². The lowest BCUT2D eigenvalue weighted by Gasteiger charge is -2.25. The average Bonchev–Trinajstić information content (AvgIpc) is 2.45. The van der Waals surface area contributed by atoms with Crippen molar-refractivity contribution in [3.63, 3.8) is 0 Å². The zero-order chi connectivity index (χ0) is 9.42. The number of nitrogens with two attached hydrogens (primary N) is 1. The number of anilines is 2. The standard InChI is InChI=1S/C9H16N4/c1-3-7-8(10)13-6-4-5-12(2)9(13)11-7/h3-6,10H2,1-2H3. The highest BCUT2D eigenvalue weighted by Crippen LogP contribution is 2.25. The molecule has 0 unspecified atom stereocenters. The minimum absolute atomic E-state index is 0.851. The number of rotatable bonds is 1. The molecule has 4 heteroatoms. The average molecular weight is 180 g/mol. The van der Waals surface area contributed by atoms with Crippen molar-refractivity contribution in [2.45, 2.75) is 26.3 Å². The van der Waals surface area contributed by atoms with Crippen LogP contribution in [0, 0.1) is 0 Å². The maximum Gasteiger partial charge on any atom is 0.207 e. The van der Waals surface area contributed by atoms with Crippen LogP contribution in [-0.2, 0) is 13.0 Å². The predicted molar refractivity (Wildman–Crippen MR) is 53.9 cm³/mol. The Bertz CT molecular complexity index is 316. The van der Waals surface area contributed by atoms with Gasteiger partial charge in [0.15, 0.2) is 0 Å². The van der Waals surface area contributed by atoms with Crippen LogP contribution >= 0.6 is 0 Å². The van der Waals surface area contributed by atoms with Crippen LogP contribution in [-0.4, -0.2) is 23.1 Å². The van der Waals surface area contributed by atoms with E-state index in [4.69, 9.17) is 5.73 Å². The Labute approximate surface area is 78.4 Å². The molecule has 72 valence electrons. The number of nitrogens with zero attached hydrogens (tertiary/aromatic N) is 3. The molecular weight excluding hydrogens is 164 g/mol. The Morgan fingerprint density at radius 3 is 2.85 bits per heavy atom. The molecular formula is C9H16N4. The SMILES string of the molecule is CCc1nc2n(c1N)CCCN2C. The first-order chi connectivity index (χ1) is 6.24. The Morgan fingerprint density at radius 2 is 2.23 bits per heavy atom. The van der Waals surface area contributed by atoms with Crippen molar-refractivity contribution in [1.82, 2.24) is 9.55 Å². The maximum atomic E-state index is 5.97. The Morgan fingerprint density at radius 1 is 1.46 bits per heavy atom. The van der Waals surface area contributed by atoms with Crippen LogP contribution in [0.15, 0.2) is 0 Å². The quantitative estimate of drug-likeness (QED) is 0.697. The van der Waals surface area contributed by atoms with Crippen molar-refractivity contribution in [3.05, 3.63) is 5.69 Å². The van der Waals surface area contributed by atoms with Gasteiger partial charge in [-0.3, -0.25) is 4.57 Å². The highest BCUT2D eigenvalue weighted by molar-refractivity contribution is 5.48. The summed E-state index contributed by atoms with van der Waals surface area (Å²) in [5.74, 6) is 1.88. The van der Waals surface area contributed by atoms with Crippen LogP contribution in [0.25, 0.3) is 0 Å². The summed E-state index contributed by atoms with van der Waals surface area (Å²) in [4.78, 5) is 6.68. The van der Waals surface area contributed by atoms with Gasteiger partial charge in [0.25, 0.3) is 0 Å². The number of fused-ring (bicyclic) bond motifs is 1. The van der Waals surface area contributed by atoms with Gasteiger partial charge in [-0.15, -0.1) is 0 Å². The lowest BCUT2D eigenvalue weighted by Crippen LogP contribution is -2.28. The van der Waals surface area contributed by atoms with Gasteiger partial charge in [-0.2, -0.15) is 0 Å². The number of nitrogen functional groups attached to an aromatic ring is 1. The van der Waals surface area contributed by atoms with E-state index < -0.39 is 0 Å². The predicted octanol–water partition coefficient (Wildman–Crippen LogP) is 0.868. The molecule has 2 N–H and O–H groups in total. The van der Waals surface area contributed by atoms with Crippen LogP contribution < -0.4 is 10.6 Å². The monoisotopic (exact) mass is 180 g/mol. The molecule has 2 heterocycles. The van der Waals surface area contributed by atoms with E-state index in [1.165, 1.54) is 0 Å². The molecule has 4 nitrogen and oxygen atoms in total. The number of imidazole rings is 1. The Hall–Kier alpha value is -1.19. The van der Waals surface area contributed by atoms with Crippen LogP contribution in [0.3, 0.4) is 0 Å². The summed E-state index contributed by atoms with van der Waals surface area (Å²) in [7, 11) is 2.07. The third kappa shape index (κ3) is 1.17. The number of hydrogen-bond acceptors (Lipinski definition) is 3. The minimum atomic E-state index is 0.851. The lowest BCUT2D eigenvalue weighted by molar-refractivity contribution is 0.584. The summed E-state index contributed by atoms with van der Waals surface area (Å²) in [5, 5.41) is 0. The van der Waals surface area contributed by atoms with Gasteiger partial charge >= 0.3 is 0 Å². The first-order valence-corrected chi connectivity index (χ1v) is 4.80. The highest BCUT2D eigenvalue weighted by atomic mass is 15.3. The fraction of sp³-hybridized carbons (Fsp3) is 0.667. The van der Waals surface area contributed by atoms with Crippen molar-refractivity contribution in [2.75, 3.05) is 24.2 Å². The summed E-state index contributed by atoms with van der Waals surface area (Å²) in [6.07, 6.45) is 2.08. The molecule has 0 spiro atoms. The Kier molecular flexibility index (Phi) is 1.90. The molecule has 0 saturated carbocycles. The summed E-state index contributed by atoms with van der Waals surface area (Å²) in [6.45, 7) is 4.18. The van der Waals surface area contributed by atoms with Crippen LogP contribution in [0.2, 0.25) is 0 Å². The van der Waals surface area contributed by atoms with Gasteiger partial charge < -0.3 is 10.6 Å². The normalized spacial score (nSPS) is 16.0. The first kappa shape index (κ1) is 8.41. The molecule has 1 aromatic rings. The molecule has 0 aliphatic carbocycles. The van der Waals surface area contributed by atoms with Crippen LogP contribution in [0.5, 0.6) is 0 Å². The topological polar surface area (TPSA) is 47.1 Å². The maximum absolute atomic E-state index is 5.97. The molecule has 0 saturated heterocycles. The smallest absolute Gasteiger partial charge is 0.207 e. The molecule has 0 aromatic carbocycles. The number of aryl methyl sites for hydroxylation is 1. The van der Waals surface area contributed by atoms with E-state index in [-0.39, 0.29) is 0 Å². The molecule has 13 heavy (non-hydrogen) atoms. The van der Waals surface area contributed by atoms with Gasteiger partial charge in [0.2, 0.25) is 5.95 Å². The van der Waals surface area contributed by atoms with E-state index in [2.05, 4.69) is 28.4 Å². The second-order valence-electron chi connectivity index (χ2n) is 3.52. The number of hydrogen-bond donors (Lipinski definition) is 1. The second-order valence-corrected chi connectivity index (χ2v) is 3.52. The first-order valence-electron chi connectivity index (χ1n) is 4.80. The molecule has 0 fully saturated rings. The third-order valence-electron chi connectivity index (χ3n) is 2.61. The molecule has 0 radical (unpaired) electrons. The molecule has 0 bridgehead atoms. The van der Waals surface area contributed by atoms with E-state index in [1.807, 2.05) is 0 Å². The van der Waals surface area contributed by atoms with Gasteiger partial charge in [-0.05, 0) is 12.8 Å². The molecule has 1 aromatic heterocycles. The second kappa shape index (κ2) is 2.94. The van der Waals surface area contributed by atoms with Crippen molar-refractivity contribution in [3.8, 4) is 0 Å². The Balaban J connectivity index is 2.48. The number of aromatic nitrogens is 2. The summed E-state index contributed by atoms with van der Waals surface area (Å²) < 4.78 is 2.11. The van der Waals surface area contributed by atoms with Crippen LogP contribution in [0.4, 0.5) is 11.8 Å². The van der Waals surface area contributed by atoms with Gasteiger partial charge in [0.05, 0.1) is 5.69 Å². The molecule has 2 rings (SSSR count). The summed E-state index contributed by atoms with van der Waals surface area (Å²) in [5.41, 5.74) is 7.00. The zero-order valence-corrected chi connectivity index (χ0v) is 8.25. The van der Waals surface area contributed by atoms with Crippen LogP contribution in [0.1, 0.15) is 19.0 Å². The minimum Gasteiger partial charge on any atom is -0.383 e. The molecule has 0 atom stereocenters. The molecule has 0 amide bonds. The van der Waals surface area contributed by atoms with E-state index >= 15 is 0 Å². The van der Waals surface area contributed by atoms with Crippen molar-refractivity contribution in [1.29, 1.82) is 0 Å². The molecule has 1 aliphatic heterocycles. The summed E-state index contributed by atoms with van der Waals surface area (Å²) in [6, 6.07) is 0. The largest absolute Gasteiger partial charge is 0.383 e. The van der Waals surface area contributed by atoms with Gasteiger partial charge in [-0.1, -0.05) is 6.92 Å². The molecule has 1 aliphatic rings. The van der Waals surface area contributed by atoms with Gasteiger partial charge in [0, 0.05) is 20.1 Å². The van der Waals surface area contributed by atoms with Gasteiger partial charge in [0.1, 0.15) is 5.82 Å². The highest BCUT2D eigenvalue weighted by Gasteiger charge is 2.19. The zero-order valence-electron chi connectivity index (χ0n) is 8.25. The van der Waals surface area contributed by atoms with Gasteiger partial charge in [-0.25, -0.2) is 4.98 Å². The fourth-order valence-electron chi connectivity index (χ4n) is 1.84. The fourth-order valence-corrected chi connectivity index (χ4v) is 1.84. The summed E-state index contributed by atoms with van der Waals surface area (Å²) >= 11 is 0. The lowest BCUT2D eigenvalue weighted by atomic mass is 10.3. The third-order valence-corrected chi connectivity index (χ3v) is 2.61. The van der Waals surface area contributed by atoms with E-state index in [0.29, 0.717) is 0 Å². The van der Waals surface area contributed by atoms with Crippen molar-refractivity contribution >= 4 is 11.8 Å². The van der Waals surface area contributed by atoms with E-state index in [0.717, 1.165) is 43.4 Å². The van der Waals surface area contributed by atoms with E-state index in [1.54, 1.807) is 0 Å². The van der Waals surface area contributed by atoms with E-state index in [9.17, 15) is 0 Å². The van der Waals surface area contributed by atoms with Crippen molar-refractivity contribution < 1.29 is 0 Å².